The van der Waals surface area contributed by atoms with Crippen LogP contribution in [0.25, 0.3) is 16.6 Å². The van der Waals surface area contributed by atoms with Crippen LogP contribution in [-0.4, -0.2) is 39.7 Å². The number of carboxylic acid groups (broad SMARTS) is 1. The van der Waals surface area contributed by atoms with E-state index in [1.54, 1.807) is 19.1 Å². The van der Waals surface area contributed by atoms with Crippen molar-refractivity contribution in [2.45, 2.75) is 13.5 Å². The second-order valence-electron chi connectivity index (χ2n) is 6.13. The van der Waals surface area contributed by atoms with Gasteiger partial charge >= 0.3 is 5.97 Å². The zero-order chi connectivity index (χ0) is 17.4. The Morgan fingerprint density at radius 3 is 2.38 bits per heavy atom. The van der Waals surface area contributed by atoms with Crippen molar-refractivity contribution >= 4 is 16.9 Å². The lowest BCUT2D eigenvalue weighted by Crippen LogP contribution is -2.11. The van der Waals surface area contributed by atoms with Gasteiger partial charge in [0.25, 0.3) is 0 Å². The van der Waals surface area contributed by atoms with E-state index in [1.165, 1.54) is 0 Å². The molecule has 1 heterocycles. The topological polar surface area (TPSA) is 65.7 Å². The summed E-state index contributed by atoms with van der Waals surface area (Å²) in [4.78, 5) is 13.8. The van der Waals surface area contributed by atoms with E-state index in [4.69, 9.17) is 0 Å². The predicted octanol–water partition coefficient (Wildman–Crippen LogP) is 3.40. The molecule has 0 amide bonds. The minimum absolute atomic E-state index is 0.115. The summed E-state index contributed by atoms with van der Waals surface area (Å²) in [5.41, 5.74) is 3.20. The SMILES string of the molecule is Cc1c(C(=O)O)c2c(CN(C)C)c(O)ccc2n1-c1ccccc1. The van der Waals surface area contributed by atoms with Crippen molar-refractivity contribution in [3.8, 4) is 11.4 Å². The molecule has 3 aromatic rings. The van der Waals surface area contributed by atoms with Gasteiger partial charge in [0.1, 0.15) is 5.75 Å². The zero-order valence-corrected chi connectivity index (χ0v) is 13.9. The first-order valence-corrected chi connectivity index (χ1v) is 7.71. The summed E-state index contributed by atoms with van der Waals surface area (Å²) in [5, 5.41) is 20.7. The lowest BCUT2D eigenvalue weighted by atomic mass is 10.0. The molecule has 2 aromatic carbocycles. The first kappa shape index (κ1) is 16.1. The number of aromatic nitrogens is 1. The second-order valence-corrected chi connectivity index (χ2v) is 6.13. The molecule has 0 aliphatic carbocycles. The molecule has 0 saturated carbocycles. The van der Waals surface area contributed by atoms with Crippen LogP contribution < -0.4 is 0 Å². The molecule has 24 heavy (non-hydrogen) atoms. The quantitative estimate of drug-likeness (QED) is 0.772. The predicted molar refractivity (Wildman–Crippen MR) is 94.0 cm³/mol. The van der Waals surface area contributed by atoms with E-state index >= 15 is 0 Å². The summed E-state index contributed by atoms with van der Waals surface area (Å²) in [6.45, 7) is 2.26. The van der Waals surface area contributed by atoms with E-state index in [0.717, 1.165) is 11.2 Å². The maximum atomic E-state index is 11.9. The fraction of sp³-hybridized carbons (Fsp3) is 0.211. The van der Waals surface area contributed by atoms with Crippen LogP contribution in [0, 0.1) is 6.92 Å². The van der Waals surface area contributed by atoms with Gasteiger partial charge in [0, 0.05) is 28.9 Å². The van der Waals surface area contributed by atoms with Crippen LogP contribution >= 0.6 is 0 Å². The third-order valence-electron chi connectivity index (χ3n) is 4.16. The van der Waals surface area contributed by atoms with Crippen LogP contribution in [0.3, 0.4) is 0 Å². The number of benzene rings is 2. The van der Waals surface area contributed by atoms with Gasteiger partial charge in [-0.1, -0.05) is 18.2 Å². The third-order valence-corrected chi connectivity index (χ3v) is 4.16. The Labute approximate surface area is 140 Å². The number of aromatic hydroxyl groups is 1. The van der Waals surface area contributed by atoms with E-state index in [-0.39, 0.29) is 11.3 Å². The summed E-state index contributed by atoms with van der Waals surface area (Å²) < 4.78 is 1.93. The highest BCUT2D eigenvalue weighted by Gasteiger charge is 2.24. The fourth-order valence-corrected chi connectivity index (χ4v) is 3.21. The standard InChI is InChI=1S/C19H20N2O3/c1-12-17(19(23)24)18-14(11-20(2)3)16(22)10-9-15(18)21(12)13-7-5-4-6-8-13/h4-10,22H,11H2,1-3H3,(H,23,24). The highest BCUT2D eigenvalue weighted by atomic mass is 16.4. The number of hydrogen-bond acceptors (Lipinski definition) is 3. The van der Waals surface area contributed by atoms with Crippen molar-refractivity contribution in [3.63, 3.8) is 0 Å². The number of carboxylic acids is 1. The zero-order valence-electron chi connectivity index (χ0n) is 13.9. The molecule has 5 heteroatoms. The monoisotopic (exact) mass is 324 g/mol. The first-order valence-electron chi connectivity index (χ1n) is 7.71. The van der Waals surface area contributed by atoms with Gasteiger partial charge in [0.2, 0.25) is 0 Å². The van der Waals surface area contributed by atoms with Gasteiger partial charge in [0.15, 0.2) is 0 Å². The van der Waals surface area contributed by atoms with Crippen LogP contribution in [0.2, 0.25) is 0 Å². The molecule has 0 bridgehead atoms. The van der Waals surface area contributed by atoms with Gasteiger partial charge in [-0.15, -0.1) is 0 Å². The van der Waals surface area contributed by atoms with E-state index in [0.29, 0.717) is 23.2 Å². The minimum atomic E-state index is -0.988. The minimum Gasteiger partial charge on any atom is -0.508 e. The van der Waals surface area contributed by atoms with E-state index in [9.17, 15) is 15.0 Å². The molecule has 0 spiro atoms. The maximum Gasteiger partial charge on any atom is 0.338 e. The number of fused-ring (bicyclic) bond motifs is 1. The molecule has 0 aliphatic rings. The fourth-order valence-electron chi connectivity index (χ4n) is 3.21. The Balaban J connectivity index is 2.44. The summed E-state index contributed by atoms with van der Waals surface area (Å²) in [5.74, 6) is -0.873. The number of hydrogen-bond donors (Lipinski definition) is 2. The van der Waals surface area contributed by atoms with E-state index in [1.807, 2.05) is 53.9 Å². The Morgan fingerprint density at radius 1 is 1.12 bits per heavy atom. The molecule has 0 saturated heterocycles. The molecule has 0 atom stereocenters. The second kappa shape index (κ2) is 6.02. The number of nitrogens with zero attached hydrogens (tertiary/aromatic N) is 2. The number of phenolic OH excluding ortho intramolecular Hbond substituents is 1. The van der Waals surface area contributed by atoms with Gasteiger partial charge < -0.3 is 19.7 Å². The molecule has 5 nitrogen and oxygen atoms in total. The summed E-state index contributed by atoms with van der Waals surface area (Å²) >= 11 is 0. The van der Waals surface area contributed by atoms with Gasteiger partial charge in [0.05, 0.1) is 11.1 Å². The molecule has 0 unspecified atom stereocenters. The molecule has 124 valence electrons. The van der Waals surface area contributed by atoms with Crippen LogP contribution in [0.15, 0.2) is 42.5 Å². The first-order chi connectivity index (χ1) is 11.4. The molecule has 3 rings (SSSR count). The van der Waals surface area contributed by atoms with Crippen molar-refractivity contribution in [2.24, 2.45) is 0 Å². The van der Waals surface area contributed by atoms with Crippen molar-refractivity contribution in [2.75, 3.05) is 14.1 Å². The Morgan fingerprint density at radius 2 is 1.79 bits per heavy atom. The average Bonchev–Trinajstić information content (AvgIpc) is 2.83. The molecule has 0 fully saturated rings. The number of rotatable bonds is 4. The summed E-state index contributed by atoms with van der Waals surface area (Å²) in [7, 11) is 3.78. The van der Waals surface area contributed by atoms with Gasteiger partial charge in [-0.25, -0.2) is 4.79 Å². The van der Waals surface area contributed by atoms with Crippen molar-refractivity contribution < 1.29 is 15.0 Å². The summed E-state index contributed by atoms with van der Waals surface area (Å²) in [6.07, 6.45) is 0. The lowest BCUT2D eigenvalue weighted by molar-refractivity contribution is 0.0698. The molecule has 0 radical (unpaired) electrons. The third kappa shape index (κ3) is 2.53. The molecular formula is C19H20N2O3. The van der Waals surface area contributed by atoms with Crippen molar-refractivity contribution in [3.05, 3.63) is 59.3 Å². The van der Waals surface area contributed by atoms with Gasteiger partial charge in [-0.2, -0.15) is 0 Å². The Bertz CT molecular complexity index is 912. The number of carbonyl (C=O) groups is 1. The van der Waals surface area contributed by atoms with Crippen LogP contribution in [-0.2, 0) is 6.54 Å². The van der Waals surface area contributed by atoms with Gasteiger partial charge in [-0.3, -0.25) is 0 Å². The normalized spacial score (nSPS) is 11.3. The Kier molecular flexibility index (Phi) is 4.03. The number of aromatic carboxylic acids is 1. The van der Waals surface area contributed by atoms with Gasteiger partial charge in [-0.05, 0) is 45.3 Å². The van der Waals surface area contributed by atoms with Crippen LogP contribution in [0.5, 0.6) is 5.75 Å². The molecule has 2 N–H and O–H groups in total. The Hall–Kier alpha value is -2.79. The van der Waals surface area contributed by atoms with E-state index in [2.05, 4.69) is 0 Å². The van der Waals surface area contributed by atoms with Crippen LogP contribution in [0.4, 0.5) is 0 Å². The summed E-state index contributed by atoms with van der Waals surface area (Å²) in [6, 6.07) is 13.0. The van der Waals surface area contributed by atoms with E-state index < -0.39 is 5.97 Å². The highest BCUT2D eigenvalue weighted by molar-refractivity contribution is 6.07. The molecule has 1 aromatic heterocycles. The van der Waals surface area contributed by atoms with Crippen molar-refractivity contribution in [1.82, 2.24) is 9.47 Å². The largest absolute Gasteiger partial charge is 0.508 e. The number of para-hydroxylation sites is 1. The number of phenols is 1. The van der Waals surface area contributed by atoms with Crippen molar-refractivity contribution in [1.29, 1.82) is 0 Å². The average molecular weight is 324 g/mol. The highest BCUT2D eigenvalue weighted by Crippen LogP contribution is 2.36. The van der Waals surface area contributed by atoms with Crippen LogP contribution in [0.1, 0.15) is 21.6 Å². The smallest absolute Gasteiger partial charge is 0.338 e. The molecular weight excluding hydrogens is 304 g/mol. The molecule has 0 aliphatic heterocycles. The maximum absolute atomic E-state index is 11.9. The lowest BCUT2D eigenvalue weighted by Gasteiger charge is -2.13.